The van der Waals surface area contributed by atoms with E-state index in [-0.39, 0.29) is 65.8 Å². The largest absolute Gasteiger partial charge is 3.00 e. The van der Waals surface area contributed by atoms with Crippen molar-refractivity contribution in [1.82, 2.24) is 18.7 Å². The molecule has 0 spiro atoms. The van der Waals surface area contributed by atoms with Crippen LogP contribution in [0.15, 0.2) is 15.9 Å². The quantitative estimate of drug-likeness (QED) is 0.473. The van der Waals surface area contributed by atoms with E-state index < -0.39 is 0 Å². The van der Waals surface area contributed by atoms with Gasteiger partial charge in [0.15, 0.2) is 11.2 Å². The molecule has 0 unspecified atom stereocenters. The zero-order valence-corrected chi connectivity index (χ0v) is 13.3. The number of halogens is 3. The van der Waals surface area contributed by atoms with E-state index in [0.29, 0.717) is 11.2 Å². The van der Waals surface area contributed by atoms with Gasteiger partial charge in [-0.1, -0.05) is 0 Å². The Morgan fingerprint density at radius 1 is 1.00 bits per heavy atom. The van der Waals surface area contributed by atoms with Crippen LogP contribution in [0.25, 0.3) is 11.2 Å². The fourth-order valence-electron chi connectivity index (χ4n) is 1.47. The van der Waals surface area contributed by atoms with Gasteiger partial charge in [0.25, 0.3) is 5.56 Å². The van der Waals surface area contributed by atoms with Crippen LogP contribution in [-0.2, 0) is 38.5 Å². The third-order valence-corrected chi connectivity index (χ3v) is 2.32. The van der Waals surface area contributed by atoms with Gasteiger partial charge in [0.2, 0.25) is 0 Å². The number of aryl methyl sites for hydroxylation is 2. The SMILES string of the molecule is Cn1c(=O)c2c(ncn2C)n(C)c1=O.[Cl-].[Cl-].[Cl-].[Cr+3]. The molecule has 0 aliphatic carbocycles. The molecule has 2 rings (SSSR count). The summed E-state index contributed by atoms with van der Waals surface area (Å²) in [6.45, 7) is 0. The summed E-state index contributed by atoms with van der Waals surface area (Å²) >= 11 is 0. The first-order chi connectivity index (χ1) is 6.54. The number of hydrogen-bond acceptors (Lipinski definition) is 3. The van der Waals surface area contributed by atoms with Crippen molar-refractivity contribution in [2.24, 2.45) is 21.1 Å². The Bertz CT molecular complexity index is 634. The Morgan fingerprint density at radius 3 is 2.00 bits per heavy atom. The number of nitrogens with zero attached hydrogens (tertiary/aromatic N) is 4. The van der Waals surface area contributed by atoms with Crippen molar-refractivity contribution < 1.29 is 54.6 Å². The molecular weight excluding hydrogens is 342 g/mol. The first-order valence-corrected chi connectivity index (χ1v) is 4.11. The summed E-state index contributed by atoms with van der Waals surface area (Å²) in [5.74, 6) is 0. The normalized spacial score (nSPS) is 8.61. The van der Waals surface area contributed by atoms with Crippen LogP contribution in [0.1, 0.15) is 0 Å². The van der Waals surface area contributed by atoms with Crippen molar-refractivity contribution in [2.75, 3.05) is 0 Å². The molecule has 0 amide bonds. The average molecular weight is 353 g/mol. The molecule has 0 saturated carbocycles. The van der Waals surface area contributed by atoms with Crippen LogP contribution in [-0.4, -0.2) is 18.7 Å². The summed E-state index contributed by atoms with van der Waals surface area (Å²) < 4.78 is 4.04. The van der Waals surface area contributed by atoms with Gasteiger partial charge in [-0.15, -0.1) is 0 Å². The van der Waals surface area contributed by atoms with Gasteiger partial charge in [-0.25, -0.2) is 9.78 Å². The van der Waals surface area contributed by atoms with Crippen LogP contribution in [0.2, 0.25) is 0 Å². The fraction of sp³-hybridized carbons (Fsp3) is 0.375. The second-order valence-corrected chi connectivity index (χ2v) is 3.23. The summed E-state index contributed by atoms with van der Waals surface area (Å²) in [5.41, 5.74) is 0.180. The summed E-state index contributed by atoms with van der Waals surface area (Å²) in [7, 11) is 4.77. The summed E-state index contributed by atoms with van der Waals surface area (Å²) in [6, 6.07) is 0. The molecule has 2 aromatic rings. The first-order valence-electron chi connectivity index (χ1n) is 4.11. The number of imidazole rings is 1. The second kappa shape index (κ2) is 7.87. The number of aromatic nitrogens is 4. The Kier molecular flexibility index (Phi) is 9.93. The second-order valence-electron chi connectivity index (χ2n) is 3.23. The van der Waals surface area contributed by atoms with Crippen molar-refractivity contribution in [3.8, 4) is 0 Å². The number of rotatable bonds is 0. The molecule has 0 saturated heterocycles. The zero-order chi connectivity index (χ0) is 10.5. The molecule has 0 aromatic carbocycles. The number of fused-ring (bicyclic) bond motifs is 1. The van der Waals surface area contributed by atoms with Crippen molar-refractivity contribution in [3.63, 3.8) is 0 Å². The average Bonchev–Trinajstić information content (AvgIpc) is 2.54. The molecule has 2 heterocycles. The molecule has 18 heavy (non-hydrogen) atoms. The standard InChI is InChI=1S/C8H10N4O2.3ClH.Cr/c1-10-4-9-6-5(10)7(13)12(3)8(14)11(6)2;;;;/h4H,1-3H3;3*1H;/q;;;;+3/p-3. The fourth-order valence-corrected chi connectivity index (χ4v) is 1.47. The molecule has 0 fully saturated rings. The van der Waals surface area contributed by atoms with E-state index in [1.165, 1.54) is 17.9 Å². The maximum Gasteiger partial charge on any atom is 3.00 e. The van der Waals surface area contributed by atoms with Crippen LogP contribution in [0.3, 0.4) is 0 Å². The molecule has 0 bridgehead atoms. The van der Waals surface area contributed by atoms with E-state index >= 15 is 0 Å². The molecule has 2 aromatic heterocycles. The van der Waals surface area contributed by atoms with Crippen LogP contribution < -0.4 is 48.5 Å². The molecule has 10 heteroatoms. The van der Waals surface area contributed by atoms with E-state index in [1.54, 1.807) is 18.7 Å². The van der Waals surface area contributed by atoms with Crippen molar-refractivity contribution in [1.29, 1.82) is 0 Å². The van der Waals surface area contributed by atoms with E-state index in [4.69, 9.17) is 0 Å². The van der Waals surface area contributed by atoms with Gasteiger partial charge in [0, 0.05) is 21.1 Å². The van der Waals surface area contributed by atoms with Gasteiger partial charge in [0.05, 0.1) is 6.33 Å². The molecule has 1 radical (unpaired) electrons. The Labute approximate surface area is 132 Å². The maximum atomic E-state index is 11.7. The minimum absolute atomic E-state index is 0. The van der Waals surface area contributed by atoms with E-state index in [1.807, 2.05) is 0 Å². The third kappa shape index (κ3) is 3.11. The first kappa shape index (κ1) is 22.7. The van der Waals surface area contributed by atoms with Crippen LogP contribution >= 0.6 is 0 Å². The monoisotopic (exact) mass is 351 g/mol. The zero-order valence-electron chi connectivity index (χ0n) is 9.72. The molecule has 0 N–H and O–H groups in total. The molecule has 0 aliphatic heterocycles. The molecule has 0 aliphatic rings. The third-order valence-electron chi connectivity index (χ3n) is 2.32. The van der Waals surface area contributed by atoms with Crippen molar-refractivity contribution in [3.05, 3.63) is 27.2 Å². The summed E-state index contributed by atoms with van der Waals surface area (Å²) in [6.07, 6.45) is 1.52. The topological polar surface area (TPSA) is 61.8 Å². The van der Waals surface area contributed by atoms with E-state index in [9.17, 15) is 9.59 Å². The Balaban J connectivity index is -0.000000562. The van der Waals surface area contributed by atoms with Crippen LogP contribution in [0, 0.1) is 0 Å². The molecule has 0 atom stereocenters. The predicted molar refractivity (Wildman–Crippen MR) is 51.2 cm³/mol. The van der Waals surface area contributed by atoms with Crippen LogP contribution in [0.5, 0.6) is 0 Å². The minimum atomic E-state index is -0.360. The molecular formula is C8H10Cl3CrN4O2. The van der Waals surface area contributed by atoms with Gasteiger partial charge >= 0.3 is 23.1 Å². The Morgan fingerprint density at radius 2 is 1.50 bits per heavy atom. The minimum Gasteiger partial charge on any atom is -1.00 e. The summed E-state index contributed by atoms with van der Waals surface area (Å²) in [4.78, 5) is 27.2. The van der Waals surface area contributed by atoms with E-state index in [0.717, 1.165) is 4.57 Å². The smallest absolute Gasteiger partial charge is 1.00 e. The Hall–Kier alpha value is -0.448. The number of hydrogen-bond donors (Lipinski definition) is 0. The van der Waals surface area contributed by atoms with Crippen molar-refractivity contribution in [2.45, 2.75) is 0 Å². The van der Waals surface area contributed by atoms with Gasteiger partial charge in [-0.05, 0) is 0 Å². The van der Waals surface area contributed by atoms with Gasteiger partial charge < -0.3 is 41.8 Å². The van der Waals surface area contributed by atoms with E-state index in [2.05, 4.69) is 4.98 Å². The van der Waals surface area contributed by atoms with Gasteiger partial charge in [0.1, 0.15) is 0 Å². The van der Waals surface area contributed by atoms with Gasteiger partial charge in [-0.3, -0.25) is 13.9 Å². The molecule has 6 nitrogen and oxygen atoms in total. The predicted octanol–water partition coefficient (Wildman–Crippen LogP) is -10.0. The molecule has 101 valence electrons. The summed E-state index contributed by atoms with van der Waals surface area (Å²) in [5, 5.41) is 0. The van der Waals surface area contributed by atoms with Crippen molar-refractivity contribution >= 4 is 11.2 Å². The maximum absolute atomic E-state index is 11.7. The van der Waals surface area contributed by atoms with Crippen LogP contribution in [0.4, 0.5) is 0 Å². The van der Waals surface area contributed by atoms with Gasteiger partial charge in [-0.2, -0.15) is 0 Å².